The summed E-state index contributed by atoms with van der Waals surface area (Å²) in [5, 5.41) is 40.5. The van der Waals surface area contributed by atoms with E-state index in [0.29, 0.717) is 48.3 Å². The summed E-state index contributed by atoms with van der Waals surface area (Å²) in [6, 6.07) is 0. The number of aliphatic hydroxyl groups excluding tert-OH is 2. The van der Waals surface area contributed by atoms with Crippen LogP contribution in [0.1, 0.15) is 210 Å². The lowest BCUT2D eigenvalue weighted by molar-refractivity contribution is -0.157. The molecule has 0 amide bonds. The van der Waals surface area contributed by atoms with E-state index >= 15 is 0 Å². The molecule has 11 nitrogen and oxygen atoms in total. The molecule has 4 N–H and O–H groups in total. The van der Waals surface area contributed by atoms with Crippen LogP contribution in [0.4, 0.5) is 0 Å². The van der Waals surface area contributed by atoms with Crippen LogP contribution < -0.4 is 0 Å². The molecule has 6 saturated carbocycles. The summed E-state index contributed by atoms with van der Waals surface area (Å²) in [6.45, 7) is 26.1. The lowest BCUT2D eigenvalue weighted by Crippen LogP contribution is -2.34. The lowest BCUT2D eigenvalue weighted by atomic mass is 9.61. The molecule has 0 radical (unpaired) electrons. The molecule has 8 atom stereocenters. The molecular weight excluding hydrogens is 945 g/mol. The molecule has 11 heteroatoms. The third kappa shape index (κ3) is 15.5. The summed E-state index contributed by atoms with van der Waals surface area (Å²) in [5.74, 6) is -0.700. The summed E-state index contributed by atoms with van der Waals surface area (Å²) in [5.41, 5.74) is 10.1. The fourth-order valence-corrected chi connectivity index (χ4v) is 14.4. The molecule has 75 heavy (non-hydrogen) atoms. The number of carbonyl (C=O) groups is 4. The minimum atomic E-state index is -0.622. The van der Waals surface area contributed by atoms with Crippen molar-refractivity contribution in [2.75, 3.05) is 0 Å². The molecule has 416 valence electrons. The summed E-state index contributed by atoms with van der Waals surface area (Å²) >= 11 is 0. The molecule has 4 unspecified atom stereocenters. The zero-order valence-electron chi connectivity index (χ0n) is 47.5. The molecule has 0 aromatic rings. The van der Waals surface area contributed by atoms with Gasteiger partial charge >= 0.3 is 23.9 Å². The van der Waals surface area contributed by atoms with Crippen LogP contribution in [0.5, 0.6) is 0 Å². The number of fused-ring (bicyclic) bond motifs is 2. The lowest BCUT2D eigenvalue weighted by Gasteiger charge is -2.43. The smallest absolute Gasteiger partial charge is 0.310 e. The van der Waals surface area contributed by atoms with Crippen LogP contribution in [0.3, 0.4) is 0 Å². The van der Waals surface area contributed by atoms with Crippen molar-refractivity contribution in [3.05, 3.63) is 94.2 Å². The van der Waals surface area contributed by atoms with Gasteiger partial charge in [-0.2, -0.15) is 0 Å². The highest BCUT2D eigenvalue weighted by Crippen LogP contribution is 2.69. The quantitative estimate of drug-likeness (QED) is 0.0563. The largest absolute Gasteiger partial charge is 0.462 e. The third-order valence-corrected chi connectivity index (χ3v) is 18.3. The first-order chi connectivity index (χ1) is 35.0. The van der Waals surface area contributed by atoms with Gasteiger partial charge in [-0.1, -0.05) is 85.8 Å². The summed E-state index contributed by atoms with van der Waals surface area (Å²) in [6.07, 6.45) is 35.0. The minimum absolute atomic E-state index is 0.206. The first-order valence-electron chi connectivity index (χ1n) is 28.4. The van der Waals surface area contributed by atoms with Gasteiger partial charge in [0.25, 0.3) is 0 Å². The van der Waals surface area contributed by atoms with Gasteiger partial charge in [-0.05, 0) is 205 Å². The van der Waals surface area contributed by atoms with Gasteiger partial charge in [0.2, 0.25) is 0 Å². The van der Waals surface area contributed by atoms with Crippen molar-refractivity contribution in [3.63, 3.8) is 0 Å². The Balaban J connectivity index is 0.000000219. The number of carbonyl (C=O) groups excluding carboxylic acids is 4. The average molecular weight is 1040 g/mol. The van der Waals surface area contributed by atoms with Crippen molar-refractivity contribution in [3.8, 4) is 0 Å². The van der Waals surface area contributed by atoms with Crippen LogP contribution in [0.15, 0.2) is 94.2 Å². The monoisotopic (exact) mass is 1040 g/mol. The van der Waals surface area contributed by atoms with Crippen molar-refractivity contribution in [1.29, 1.82) is 0 Å². The second-order valence-corrected chi connectivity index (χ2v) is 25.6. The fraction of sp³-hybridized carbons (Fsp3) is 0.688. The molecule has 8 rings (SSSR count). The topological polar surface area (TPSA) is 177 Å². The zero-order valence-corrected chi connectivity index (χ0v) is 47.5. The van der Waals surface area contributed by atoms with E-state index in [-0.39, 0.29) is 28.9 Å². The number of hydrogen-bond acceptors (Lipinski definition) is 11. The number of rotatable bonds is 14. The van der Waals surface area contributed by atoms with E-state index in [1.807, 2.05) is 27.7 Å². The number of esters is 4. The summed E-state index contributed by atoms with van der Waals surface area (Å²) in [7, 11) is 0. The van der Waals surface area contributed by atoms with Gasteiger partial charge in [0, 0.05) is 47.0 Å². The zero-order chi connectivity index (χ0) is 55.3. The SMILES string of the molecule is C=C1/C(=C\C=C2/CCC[C@]3(C)C(C4(CCCC(C)(C)O)CC4)=CCC23)CC(O)C[C@@H]1O.C=C1/C(=C\C=C2/CCC[C@]3(C)C(C4(CCCC(C)(C)O)CC4)=CCC23)CC(OC(C)=O)C[C@@H]1OC(C)=O.CC(=O)OC(C)=O. The van der Waals surface area contributed by atoms with Crippen molar-refractivity contribution < 1.29 is 53.8 Å². The van der Waals surface area contributed by atoms with Gasteiger partial charge < -0.3 is 34.6 Å². The molecule has 6 fully saturated rings. The summed E-state index contributed by atoms with van der Waals surface area (Å²) in [4.78, 5) is 42.9. The van der Waals surface area contributed by atoms with Gasteiger partial charge in [0.15, 0.2) is 0 Å². The Morgan fingerprint density at radius 1 is 0.627 bits per heavy atom. The predicted octanol–water partition coefficient (Wildman–Crippen LogP) is 12.8. The maximum Gasteiger partial charge on any atom is 0.310 e. The number of allylic oxidation sites excluding steroid dienone is 10. The van der Waals surface area contributed by atoms with Crippen molar-refractivity contribution in [2.24, 2.45) is 33.5 Å². The normalized spacial score (nSPS) is 32.7. The van der Waals surface area contributed by atoms with E-state index in [1.54, 1.807) is 11.1 Å². The van der Waals surface area contributed by atoms with E-state index in [4.69, 9.17) is 9.47 Å². The maximum atomic E-state index is 11.7. The first kappa shape index (κ1) is 60.1. The van der Waals surface area contributed by atoms with Crippen LogP contribution in [-0.2, 0) is 33.4 Å². The van der Waals surface area contributed by atoms with Gasteiger partial charge in [0.05, 0.1) is 23.4 Å². The Bertz CT molecular complexity index is 2340. The molecule has 8 aliphatic rings. The van der Waals surface area contributed by atoms with E-state index < -0.39 is 41.5 Å². The van der Waals surface area contributed by atoms with Gasteiger partial charge in [0.1, 0.15) is 12.2 Å². The number of aliphatic hydroxyl groups is 4. The highest BCUT2D eigenvalue weighted by molar-refractivity contribution is 5.82. The van der Waals surface area contributed by atoms with Crippen LogP contribution in [0.2, 0.25) is 0 Å². The molecule has 8 aliphatic carbocycles. The molecule has 0 aliphatic heterocycles. The minimum Gasteiger partial charge on any atom is -0.462 e. The van der Waals surface area contributed by atoms with Gasteiger partial charge in [-0.25, -0.2) is 0 Å². The number of ether oxygens (including phenoxy) is 3. The van der Waals surface area contributed by atoms with E-state index in [2.05, 4.69) is 68.2 Å². The Kier molecular flexibility index (Phi) is 19.4. The van der Waals surface area contributed by atoms with Crippen molar-refractivity contribution >= 4 is 23.9 Å². The Morgan fingerprint density at radius 3 is 1.45 bits per heavy atom. The second kappa shape index (κ2) is 24.2. The van der Waals surface area contributed by atoms with E-state index in [9.17, 15) is 39.6 Å². The average Bonchev–Trinajstić information content (AvgIpc) is 4.18. The molecule has 0 heterocycles. The fourth-order valence-electron chi connectivity index (χ4n) is 14.4. The molecule has 0 spiro atoms. The molecule has 0 aromatic carbocycles. The van der Waals surface area contributed by atoms with E-state index in [1.165, 1.54) is 103 Å². The molecular formula is C64H94O11. The Hall–Kier alpha value is -4.16. The second-order valence-electron chi connectivity index (χ2n) is 25.6. The predicted molar refractivity (Wildman–Crippen MR) is 295 cm³/mol. The van der Waals surface area contributed by atoms with Gasteiger partial charge in [-0.3, -0.25) is 19.2 Å². The van der Waals surface area contributed by atoms with Crippen LogP contribution in [0.25, 0.3) is 0 Å². The third-order valence-electron chi connectivity index (χ3n) is 18.3. The van der Waals surface area contributed by atoms with Crippen LogP contribution in [-0.4, -0.2) is 79.9 Å². The highest BCUT2D eigenvalue weighted by Gasteiger charge is 2.58. The van der Waals surface area contributed by atoms with Crippen molar-refractivity contribution in [1.82, 2.24) is 0 Å². The molecule has 0 saturated heterocycles. The Labute approximate surface area is 449 Å². The first-order valence-corrected chi connectivity index (χ1v) is 28.4. The van der Waals surface area contributed by atoms with Crippen LogP contribution in [0, 0.1) is 33.5 Å². The van der Waals surface area contributed by atoms with Gasteiger partial charge in [-0.15, -0.1) is 0 Å². The molecule has 0 aromatic heterocycles. The molecule has 0 bridgehead atoms. The van der Waals surface area contributed by atoms with E-state index in [0.717, 1.165) is 73.7 Å². The Morgan fingerprint density at radius 2 is 1.07 bits per heavy atom. The summed E-state index contributed by atoms with van der Waals surface area (Å²) < 4.78 is 15.0. The highest BCUT2D eigenvalue weighted by atomic mass is 16.6. The maximum absolute atomic E-state index is 11.7. The van der Waals surface area contributed by atoms with Crippen molar-refractivity contribution in [2.45, 2.75) is 246 Å². The number of hydrogen-bond donors (Lipinski definition) is 4. The standard InChI is InChI=1S/C32H46O5.C28H42O3.C4H6O3/c1-21-25(19-26(36-22(2)33)20-28(21)37-23(3)34)11-10-24-9-7-15-31(6)27(24)12-13-29(31)32(17-18-32)16-8-14-30(4,5)35;1-19-21(17-22(29)18-24(19)30)9-8-20-7-5-13-27(4)23(20)10-11-25(27)28(15-16-28)14-6-12-26(2,3)31;1-3(5)7-4(2)6/h10-11,13,26-28,35H,1,7-9,12,14-20H2,2-6H3;8-9,11,22-24,29-31H,1,5-7,10,12-18H2,2-4H3;1-2H3/b24-10+,25-11-;20-8+,21-9-;/t26?,27?,28-,31-;22?,23?,24-,27-;/m00./s1. The van der Waals surface area contributed by atoms with Crippen LogP contribution >= 0.6 is 0 Å².